The van der Waals surface area contributed by atoms with E-state index in [2.05, 4.69) is 4.74 Å². The highest BCUT2D eigenvalue weighted by Gasteiger charge is 2.36. The Hall–Kier alpha value is -2.38. The van der Waals surface area contributed by atoms with Gasteiger partial charge in [-0.3, -0.25) is 0 Å². The Morgan fingerprint density at radius 2 is 1.46 bits per heavy atom. The van der Waals surface area contributed by atoms with Crippen molar-refractivity contribution < 1.29 is 31.1 Å². The van der Waals surface area contributed by atoms with Crippen molar-refractivity contribution >= 4 is 5.69 Å². The molecule has 0 atom stereocenters. The SMILES string of the molecule is CN(C)c1ccc(C(F)(F)F)c(-c2ccccc2OC(F)(F)F)c1. The van der Waals surface area contributed by atoms with Gasteiger partial charge in [-0.15, -0.1) is 13.2 Å². The quantitative estimate of drug-likeness (QED) is 0.694. The first-order valence-corrected chi connectivity index (χ1v) is 6.73. The van der Waals surface area contributed by atoms with Crippen molar-refractivity contribution in [2.45, 2.75) is 12.5 Å². The minimum Gasteiger partial charge on any atom is -0.405 e. The van der Waals surface area contributed by atoms with Gasteiger partial charge in [-0.05, 0) is 29.8 Å². The van der Waals surface area contributed by atoms with E-state index in [1.165, 1.54) is 24.3 Å². The highest BCUT2D eigenvalue weighted by Crippen LogP contribution is 2.42. The minimum atomic E-state index is -5.01. The fourth-order valence-corrected chi connectivity index (χ4v) is 2.18. The van der Waals surface area contributed by atoms with Gasteiger partial charge in [0.25, 0.3) is 0 Å². The summed E-state index contributed by atoms with van der Waals surface area (Å²) >= 11 is 0. The molecule has 2 aromatic carbocycles. The minimum absolute atomic E-state index is 0.286. The van der Waals surface area contributed by atoms with Gasteiger partial charge < -0.3 is 9.64 Å². The average Bonchev–Trinajstić information content (AvgIpc) is 2.44. The topological polar surface area (TPSA) is 12.5 Å². The number of anilines is 1. The summed E-state index contributed by atoms with van der Waals surface area (Å²) in [6.45, 7) is 0. The lowest BCUT2D eigenvalue weighted by atomic mass is 9.97. The molecule has 24 heavy (non-hydrogen) atoms. The van der Waals surface area contributed by atoms with Gasteiger partial charge >= 0.3 is 12.5 Å². The zero-order valence-electron chi connectivity index (χ0n) is 12.7. The summed E-state index contributed by atoms with van der Waals surface area (Å²) in [5.74, 6) is -0.689. The maximum atomic E-state index is 13.3. The summed E-state index contributed by atoms with van der Waals surface area (Å²) in [5, 5.41) is 0. The molecule has 0 bridgehead atoms. The zero-order chi connectivity index (χ0) is 18.1. The van der Waals surface area contributed by atoms with Gasteiger partial charge in [0.15, 0.2) is 0 Å². The largest absolute Gasteiger partial charge is 0.573 e. The molecule has 2 aromatic rings. The molecule has 0 spiro atoms. The Kier molecular flexibility index (Phi) is 4.68. The Bertz CT molecular complexity index is 721. The van der Waals surface area contributed by atoms with Crippen LogP contribution in [0.1, 0.15) is 5.56 Å². The second kappa shape index (κ2) is 6.26. The smallest absolute Gasteiger partial charge is 0.405 e. The van der Waals surface area contributed by atoms with Gasteiger partial charge in [0.1, 0.15) is 5.75 Å². The molecule has 0 saturated heterocycles. The Morgan fingerprint density at radius 1 is 0.833 bits per heavy atom. The molecular formula is C16H13F6NO. The van der Waals surface area contributed by atoms with E-state index in [9.17, 15) is 26.3 Å². The number of hydrogen-bond donors (Lipinski definition) is 0. The summed E-state index contributed by atoms with van der Waals surface area (Å²) in [7, 11) is 3.23. The van der Waals surface area contributed by atoms with Crippen molar-refractivity contribution in [3.05, 3.63) is 48.0 Å². The van der Waals surface area contributed by atoms with Gasteiger partial charge in [-0.1, -0.05) is 18.2 Å². The van der Waals surface area contributed by atoms with Crippen molar-refractivity contribution in [1.29, 1.82) is 0 Å². The maximum Gasteiger partial charge on any atom is 0.573 e. The molecule has 0 aliphatic heterocycles. The van der Waals surface area contributed by atoms with Crippen LogP contribution in [-0.2, 0) is 6.18 Å². The number of rotatable bonds is 3. The lowest BCUT2D eigenvalue weighted by Crippen LogP contribution is -2.18. The van der Waals surface area contributed by atoms with Crippen LogP contribution in [0.15, 0.2) is 42.5 Å². The predicted octanol–water partition coefficient (Wildman–Crippen LogP) is 5.34. The van der Waals surface area contributed by atoms with Gasteiger partial charge in [0.2, 0.25) is 0 Å². The second-order valence-electron chi connectivity index (χ2n) is 5.17. The summed E-state index contributed by atoms with van der Waals surface area (Å²) in [6.07, 6.45) is -9.72. The van der Waals surface area contributed by atoms with Crippen LogP contribution >= 0.6 is 0 Å². The molecule has 2 nitrogen and oxygen atoms in total. The number of para-hydroxylation sites is 1. The van der Waals surface area contributed by atoms with Crippen LogP contribution in [0, 0.1) is 0 Å². The van der Waals surface area contributed by atoms with Crippen LogP contribution in [0.3, 0.4) is 0 Å². The monoisotopic (exact) mass is 349 g/mol. The molecule has 0 amide bonds. The molecule has 130 valence electrons. The highest BCUT2D eigenvalue weighted by molar-refractivity contribution is 5.77. The van der Waals surface area contributed by atoms with Crippen LogP contribution in [0.5, 0.6) is 5.75 Å². The van der Waals surface area contributed by atoms with E-state index in [4.69, 9.17) is 0 Å². The van der Waals surface area contributed by atoms with E-state index < -0.39 is 23.9 Å². The van der Waals surface area contributed by atoms with E-state index >= 15 is 0 Å². The van der Waals surface area contributed by atoms with Crippen LogP contribution in [0.4, 0.5) is 32.0 Å². The maximum absolute atomic E-state index is 13.3. The van der Waals surface area contributed by atoms with Gasteiger partial charge in [-0.2, -0.15) is 13.2 Å². The molecular weight excluding hydrogens is 336 g/mol. The van der Waals surface area contributed by atoms with E-state index in [0.717, 1.165) is 18.2 Å². The van der Waals surface area contributed by atoms with Crippen molar-refractivity contribution in [2.75, 3.05) is 19.0 Å². The first-order chi connectivity index (χ1) is 11.0. The van der Waals surface area contributed by atoms with Crippen LogP contribution < -0.4 is 9.64 Å². The highest BCUT2D eigenvalue weighted by atomic mass is 19.4. The van der Waals surface area contributed by atoms with Gasteiger partial charge in [-0.25, -0.2) is 0 Å². The molecule has 0 fully saturated rings. The lowest BCUT2D eigenvalue weighted by molar-refractivity contribution is -0.274. The number of alkyl halides is 6. The first-order valence-electron chi connectivity index (χ1n) is 6.73. The van der Waals surface area contributed by atoms with Crippen LogP contribution in [0.2, 0.25) is 0 Å². The molecule has 0 saturated carbocycles. The van der Waals surface area contributed by atoms with E-state index in [0.29, 0.717) is 5.69 Å². The van der Waals surface area contributed by atoms with Crippen LogP contribution in [-0.4, -0.2) is 20.5 Å². The third-order valence-corrected chi connectivity index (χ3v) is 3.23. The lowest BCUT2D eigenvalue weighted by Gasteiger charge is -2.20. The normalized spacial score (nSPS) is 12.2. The molecule has 0 aliphatic rings. The number of hydrogen-bond acceptors (Lipinski definition) is 2. The second-order valence-corrected chi connectivity index (χ2v) is 5.17. The fourth-order valence-electron chi connectivity index (χ4n) is 2.18. The van der Waals surface area contributed by atoms with E-state index in [-0.39, 0.29) is 11.1 Å². The average molecular weight is 349 g/mol. The van der Waals surface area contributed by atoms with Crippen LogP contribution in [0.25, 0.3) is 11.1 Å². The molecule has 8 heteroatoms. The molecule has 0 unspecified atom stereocenters. The number of benzene rings is 2. The summed E-state index contributed by atoms with van der Waals surface area (Å²) < 4.78 is 81.2. The summed E-state index contributed by atoms with van der Waals surface area (Å²) in [4.78, 5) is 1.55. The molecule has 0 aromatic heterocycles. The number of halogens is 6. The zero-order valence-corrected chi connectivity index (χ0v) is 12.7. The molecule has 0 N–H and O–H groups in total. The fraction of sp³-hybridized carbons (Fsp3) is 0.250. The molecule has 2 rings (SSSR count). The van der Waals surface area contributed by atoms with Gasteiger partial charge in [0.05, 0.1) is 5.56 Å². The number of ether oxygens (including phenoxy) is 1. The molecule has 0 aliphatic carbocycles. The Labute approximate surface area is 134 Å². The Morgan fingerprint density at radius 3 is 2.00 bits per heavy atom. The van der Waals surface area contributed by atoms with E-state index in [1.54, 1.807) is 19.0 Å². The number of nitrogens with zero attached hydrogens (tertiary/aromatic N) is 1. The van der Waals surface area contributed by atoms with Gasteiger partial charge in [0, 0.05) is 25.3 Å². The third-order valence-electron chi connectivity index (χ3n) is 3.23. The predicted molar refractivity (Wildman–Crippen MR) is 77.9 cm³/mol. The Balaban J connectivity index is 2.69. The summed E-state index contributed by atoms with van der Waals surface area (Å²) in [5.41, 5.74) is -1.29. The third kappa shape index (κ3) is 4.12. The van der Waals surface area contributed by atoms with Crippen molar-refractivity contribution in [3.63, 3.8) is 0 Å². The van der Waals surface area contributed by atoms with Crippen molar-refractivity contribution in [1.82, 2.24) is 0 Å². The van der Waals surface area contributed by atoms with Crippen molar-refractivity contribution in [2.24, 2.45) is 0 Å². The molecule has 0 heterocycles. The van der Waals surface area contributed by atoms with Crippen molar-refractivity contribution in [3.8, 4) is 16.9 Å². The van der Waals surface area contributed by atoms with E-state index in [1.807, 2.05) is 0 Å². The first kappa shape index (κ1) is 18.0. The molecule has 0 radical (unpaired) electrons. The standard InChI is InChI=1S/C16H13F6NO/c1-23(2)10-7-8-13(15(17,18)19)12(9-10)11-5-3-4-6-14(11)24-16(20,21)22/h3-9H,1-2H3. The summed E-state index contributed by atoms with van der Waals surface area (Å²) in [6, 6.07) is 8.01.